The summed E-state index contributed by atoms with van der Waals surface area (Å²) in [7, 11) is 0. The predicted octanol–water partition coefficient (Wildman–Crippen LogP) is 2.93. The summed E-state index contributed by atoms with van der Waals surface area (Å²) in [4.78, 5) is 11.0. The molecule has 0 aromatic heterocycles. The van der Waals surface area contributed by atoms with Gasteiger partial charge in [0.25, 0.3) is 0 Å². The molecule has 0 radical (unpaired) electrons. The molecule has 0 fully saturated rings. The van der Waals surface area contributed by atoms with Crippen molar-refractivity contribution in [3.63, 3.8) is 0 Å². The Morgan fingerprint density at radius 1 is 1.00 bits per heavy atom. The van der Waals surface area contributed by atoms with Crippen molar-refractivity contribution in [2.24, 2.45) is 0 Å². The molecule has 0 amide bonds. The second-order valence-corrected chi connectivity index (χ2v) is 3.06. The molecule has 0 aliphatic rings. The van der Waals surface area contributed by atoms with Gasteiger partial charge in [-0.2, -0.15) is 0 Å². The topological polar surface area (TPSA) is 37.3 Å². The van der Waals surface area contributed by atoms with Crippen molar-refractivity contribution in [2.45, 2.75) is 59.3 Å². The van der Waals surface area contributed by atoms with E-state index in [9.17, 15) is 4.79 Å². The van der Waals surface area contributed by atoms with Crippen molar-refractivity contribution < 1.29 is 9.90 Å². The number of unbranched alkanes of at least 4 members (excludes halogenated alkanes) is 2. The van der Waals surface area contributed by atoms with Crippen molar-refractivity contribution in [1.82, 2.24) is 0 Å². The van der Waals surface area contributed by atoms with Gasteiger partial charge in [0.1, 0.15) is 5.78 Å². The van der Waals surface area contributed by atoms with Gasteiger partial charge in [0.15, 0.2) is 0 Å². The van der Waals surface area contributed by atoms with E-state index in [0.29, 0.717) is 5.78 Å². The van der Waals surface area contributed by atoms with Crippen molar-refractivity contribution >= 4 is 5.78 Å². The van der Waals surface area contributed by atoms with Crippen LogP contribution < -0.4 is 0 Å². The van der Waals surface area contributed by atoms with Gasteiger partial charge < -0.3 is 5.11 Å². The van der Waals surface area contributed by atoms with Crippen molar-refractivity contribution in [1.29, 1.82) is 0 Å². The molecule has 0 unspecified atom stereocenters. The van der Waals surface area contributed by atoms with Crippen molar-refractivity contribution in [3.05, 3.63) is 0 Å². The van der Waals surface area contributed by atoms with Gasteiger partial charge in [-0.3, -0.25) is 4.79 Å². The molecule has 0 aliphatic carbocycles. The Bertz CT molecular complexity index is 90.3. The summed E-state index contributed by atoms with van der Waals surface area (Å²) < 4.78 is 0. The van der Waals surface area contributed by atoms with Crippen LogP contribution in [0.3, 0.4) is 0 Å². The first-order valence-electron chi connectivity index (χ1n) is 5.35. The van der Waals surface area contributed by atoms with Gasteiger partial charge in [-0.15, -0.1) is 0 Å². The van der Waals surface area contributed by atoms with Crippen molar-refractivity contribution in [2.75, 3.05) is 6.61 Å². The number of hydrogen-bond donors (Lipinski definition) is 1. The minimum atomic E-state index is 0.250. The molecule has 0 spiro atoms. The van der Waals surface area contributed by atoms with Crippen LogP contribution in [-0.4, -0.2) is 17.5 Å². The summed E-state index contributed by atoms with van der Waals surface area (Å²) in [5, 5.41) is 7.57. The zero-order valence-electron chi connectivity index (χ0n) is 9.31. The van der Waals surface area contributed by atoms with Gasteiger partial charge in [0.2, 0.25) is 0 Å². The number of rotatable bonds is 6. The fourth-order valence-electron chi connectivity index (χ4n) is 0.873. The Labute approximate surface area is 82.4 Å². The van der Waals surface area contributed by atoms with Crippen LogP contribution in [0.5, 0.6) is 0 Å². The number of carbonyl (C=O) groups excluding carboxylic acids is 1. The van der Waals surface area contributed by atoms with Gasteiger partial charge in [-0.25, -0.2) is 0 Å². The predicted molar refractivity (Wildman–Crippen MR) is 56.8 cm³/mol. The van der Waals surface area contributed by atoms with Crippen LogP contribution >= 0.6 is 0 Å². The minimum Gasteiger partial charge on any atom is -0.397 e. The Morgan fingerprint density at radius 2 is 1.31 bits per heavy atom. The highest BCUT2D eigenvalue weighted by Crippen LogP contribution is 2.02. The van der Waals surface area contributed by atoms with Gasteiger partial charge in [-0.1, -0.05) is 26.7 Å². The molecular weight excluding hydrogens is 164 g/mol. The maximum absolute atomic E-state index is 11.0. The van der Waals surface area contributed by atoms with E-state index in [1.165, 1.54) is 0 Å². The lowest BCUT2D eigenvalue weighted by molar-refractivity contribution is -0.119. The summed E-state index contributed by atoms with van der Waals surface area (Å²) in [6.07, 6.45) is 6.02. The Morgan fingerprint density at radius 3 is 1.54 bits per heavy atom. The van der Waals surface area contributed by atoms with E-state index >= 15 is 0 Å². The molecule has 0 aromatic carbocycles. The summed E-state index contributed by atoms with van der Waals surface area (Å²) >= 11 is 0. The number of carbonyl (C=O) groups is 1. The maximum Gasteiger partial charge on any atom is 0.132 e. The molecule has 0 atom stereocenters. The minimum absolute atomic E-state index is 0.250. The summed E-state index contributed by atoms with van der Waals surface area (Å²) in [6, 6.07) is 0. The molecule has 2 nitrogen and oxygen atoms in total. The number of hydrogen-bond acceptors (Lipinski definition) is 2. The summed E-state index contributed by atoms with van der Waals surface area (Å²) in [6.45, 7) is 6.17. The second kappa shape index (κ2) is 14.2. The SMILES string of the molecule is CCCCC(=O)CCCC.CCO. The highest BCUT2D eigenvalue weighted by molar-refractivity contribution is 5.78. The third kappa shape index (κ3) is 18.5. The fourth-order valence-corrected chi connectivity index (χ4v) is 0.873. The molecule has 1 N–H and O–H groups in total. The summed E-state index contributed by atoms with van der Waals surface area (Å²) in [5.74, 6) is 0.448. The average molecular weight is 188 g/mol. The maximum atomic E-state index is 11.0. The Balaban J connectivity index is 0. The number of ketones is 1. The number of aliphatic hydroxyl groups excluding tert-OH is 1. The van der Waals surface area contributed by atoms with Gasteiger partial charge in [0, 0.05) is 19.4 Å². The van der Waals surface area contributed by atoms with Gasteiger partial charge in [-0.05, 0) is 19.8 Å². The van der Waals surface area contributed by atoms with Crippen LogP contribution in [0.1, 0.15) is 59.3 Å². The molecule has 0 heterocycles. The lowest BCUT2D eigenvalue weighted by Crippen LogP contribution is -1.96. The molecule has 0 bridgehead atoms. The molecular formula is C11H24O2. The van der Waals surface area contributed by atoms with E-state index in [1.54, 1.807) is 6.92 Å². The van der Waals surface area contributed by atoms with Crippen LogP contribution in [0.15, 0.2) is 0 Å². The van der Waals surface area contributed by atoms with Gasteiger partial charge in [0.05, 0.1) is 0 Å². The van der Waals surface area contributed by atoms with E-state index in [2.05, 4.69) is 13.8 Å². The Hall–Kier alpha value is -0.370. The zero-order valence-corrected chi connectivity index (χ0v) is 9.31. The lowest BCUT2D eigenvalue weighted by atomic mass is 10.1. The zero-order chi connectivity index (χ0) is 10.5. The fraction of sp³-hybridized carbons (Fsp3) is 0.909. The first-order valence-corrected chi connectivity index (χ1v) is 5.35. The van der Waals surface area contributed by atoms with Gasteiger partial charge >= 0.3 is 0 Å². The molecule has 2 heteroatoms. The summed E-state index contributed by atoms with van der Waals surface area (Å²) in [5.41, 5.74) is 0. The molecule has 0 aromatic rings. The number of aliphatic hydroxyl groups is 1. The third-order valence-corrected chi connectivity index (χ3v) is 1.62. The molecule has 0 saturated heterocycles. The molecule has 80 valence electrons. The van der Waals surface area contributed by atoms with Crippen LogP contribution in [-0.2, 0) is 4.79 Å². The van der Waals surface area contributed by atoms with Crippen molar-refractivity contribution in [3.8, 4) is 0 Å². The highest BCUT2D eigenvalue weighted by atomic mass is 16.2. The smallest absolute Gasteiger partial charge is 0.132 e. The second-order valence-electron chi connectivity index (χ2n) is 3.06. The lowest BCUT2D eigenvalue weighted by Gasteiger charge is -1.96. The Kier molecular flexibility index (Phi) is 16.5. The van der Waals surface area contributed by atoms with Crippen LogP contribution in [0.4, 0.5) is 0 Å². The normalized spacial score (nSPS) is 8.92. The van der Waals surface area contributed by atoms with Crippen LogP contribution in [0, 0.1) is 0 Å². The van der Waals surface area contributed by atoms with E-state index in [-0.39, 0.29) is 6.61 Å². The first kappa shape index (κ1) is 15.1. The van der Waals surface area contributed by atoms with E-state index in [1.807, 2.05) is 0 Å². The first-order chi connectivity index (χ1) is 6.22. The quantitative estimate of drug-likeness (QED) is 0.696. The van der Waals surface area contributed by atoms with Crippen LogP contribution in [0.25, 0.3) is 0 Å². The molecule has 0 saturated carbocycles. The third-order valence-electron chi connectivity index (χ3n) is 1.62. The van der Waals surface area contributed by atoms with E-state index < -0.39 is 0 Å². The molecule has 0 rings (SSSR count). The largest absolute Gasteiger partial charge is 0.397 e. The van der Waals surface area contributed by atoms with E-state index in [0.717, 1.165) is 38.5 Å². The molecule has 13 heavy (non-hydrogen) atoms. The monoisotopic (exact) mass is 188 g/mol. The number of Topliss-reactive ketones (excluding diaryl/α,β-unsaturated/α-hetero) is 1. The highest BCUT2D eigenvalue weighted by Gasteiger charge is 1.98. The average Bonchev–Trinajstić information content (AvgIpc) is 2.12. The van der Waals surface area contributed by atoms with E-state index in [4.69, 9.17) is 5.11 Å². The van der Waals surface area contributed by atoms with Crippen LogP contribution in [0.2, 0.25) is 0 Å². The standard InChI is InChI=1S/C9H18O.C2H6O/c1-3-5-7-9(10)8-6-4-2;1-2-3/h3-8H2,1-2H3;3H,2H2,1H3. The molecule has 0 aliphatic heterocycles.